The molecule has 10 nitrogen and oxygen atoms in total. The lowest BCUT2D eigenvalue weighted by molar-refractivity contribution is -0.160. The van der Waals surface area contributed by atoms with Crippen LogP contribution in [0.1, 0.15) is 153 Å². The minimum absolute atomic E-state index is 0. The van der Waals surface area contributed by atoms with Crippen molar-refractivity contribution in [3.05, 3.63) is 12.2 Å². The van der Waals surface area contributed by atoms with Crippen LogP contribution in [0.2, 0.25) is 0 Å². The lowest BCUT2D eigenvalue weighted by atomic mass is 10.1. The molecule has 0 fully saturated rings. The van der Waals surface area contributed by atoms with E-state index in [1.54, 1.807) is 0 Å². The molecule has 0 aromatic rings. The summed E-state index contributed by atoms with van der Waals surface area (Å²) in [5.41, 5.74) is 0. The van der Waals surface area contributed by atoms with Gasteiger partial charge in [0.2, 0.25) is 0 Å². The molecule has 3 N–H and O–H groups in total. The van der Waals surface area contributed by atoms with Crippen molar-refractivity contribution in [3.8, 4) is 0 Å². The lowest BCUT2D eigenvalue weighted by Gasteiger charge is -2.19. The molecule has 1 atom stereocenters. The Hall–Kier alpha value is -1.72. The Morgan fingerprint density at radius 2 is 1.15 bits per heavy atom. The fourth-order valence-electron chi connectivity index (χ4n) is 4.29. The van der Waals surface area contributed by atoms with E-state index in [-0.39, 0.29) is 53.2 Å². The van der Waals surface area contributed by atoms with E-state index in [1.165, 1.54) is 51.4 Å². The fraction of sp³-hybridized carbons (Fsp3) is 0.895. The molecule has 0 aromatic heterocycles. The summed E-state index contributed by atoms with van der Waals surface area (Å²) >= 11 is 0. The highest BCUT2D eigenvalue weighted by atomic mass is 16.7. The maximum atomic E-state index is 12.4. The summed E-state index contributed by atoms with van der Waals surface area (Å²) in [7, 11) is 0. The molecule has 10 heteroatoms. The number of aliphatic hydroxyl groups excluding tert-OH is 1. The maximum Gasteiger partial charge on any atom is 0.508 e. The number of aliphatic hydroxyl groups is 1. The Morgan fingerprint density at radius 1 is 0.667 bits per heavy atom. The van der Waals surface area contributed by atoms with Gasteiger partial charge in [-0.3, -0.25) is 4.79 Å². The fourth-order valence-corrected chi connectivity index (χ4v) is 4.29. The third-order valence-corrected chi connectivity index (χ3v) is 7.43. The zero-order chi connectivity index (χ0) is 33.8. The third kappa shape index (κ3) is 40.5. The van der Waals surface area contributed by atoms with Gasteiger partial charge in [0.25, 0.3) is 0 Å². The number of carbonyl (C=O) groups is 2. The monoisotopic (exact) mass is 696 g/mol. The summed E-state index contributed by atoms with van der Waals surface area (Å²) in [6.45, 7) is 16.5. The highest BCUT2D eigenvalue weighted by molar-refractivity contribution is 5.69. The van der Waals surface area contributed by atoms with E-state index in [0.29, 0.717) is 19.6 Å². The average molecular weight is 696 g/mol. The first-order valence-electron chi connectivity index (χ1n) is 18.0. The van der Waals surface area contributed by atoms with E-state index in [9.17, 15) is 14.7 Å². The maximum absolute atomic E-state index is 12.4. The Bertz CT molecular complexity index is 638. The first-order valence-corrected chi connectivity index (χ1v) is 18.0. The normalized spacial score (nSPS) is 11.2. The van der Waals surface area contributed by atoms with Crippen LogP contribution < -0.4 is 0 Å². The van der Waals surface area contributed by atoms with E-state index in [0.717, 1.165) is 51.7 Å². The van der Waals surface area contributed by atoms with Gasteiger partial charge in [0.15, 0.2) is 6.29 Å². The van der Waals surface area contributed by atoms with Crippen LogP contribution in [-0.2, 0) is 28.5 Å². The van der Waals surface area contributed by atoms with Crippen molar-refractivity contribution in [1.29, 1.82) is 0 Å². The van der Waals surface area contributed by atoms with Crippen molar-refractivity contribution in [2.45, 2.75) is 159 Å². The van der Waals surface area contributed by atoms with Crippen LogP contribution in [-0.4, -0.2) is 93.2 Å². The van der Waals surface area contributed by atoms with Gasteiger partial charge in [-0.1, -0.05) is 119 Å². The molecule has 292 valence electrons. The van der Waals surface area contributed by atoms with Crippen LogP contribution in [0.25, 0.3) is 0 Å². The summed E-state index contributed by atoms with van der Waals surface area (Å²) in [4.78, 5) is 26.5. The van der Waals surface area contributed by atoms with Crippen molar-refractivity contribution < 1.29 is 43.9 Å². The standard InChI is InChI=1S/C32H63NO8.C4H8.2CH4.H2O/c1-5-9-11-13-15-17-23-37-31(38-24-18-16-14-12-10-6-2)21-20-30(35)40-27-29(26-34)28-41-32(36)39-25-19-22-33(7-3)8-4;1-3-4-2;;;/h29,31,34H,5-28H2,1-4H3;3-4H,1-2H3;2*1H4;1H2. The van der Waals surface area contributed by atoms with E-state index in [4.69, 9.17) is 23.7 Å². The second kappa shape index (κ2) is 45.3. The number of nitrogens with zero attached hydrogens (tertiary/aromatic N) is 1. The van der Waals surface area contributed by atoms with Gasteiger partial charge in [-0.05, 0) is 46.2 Å². The number of carbonyl (C=O) groups excluding carboxylic acids is 2. The van der Waals surface area contributed by atoms with Gasteiger partial charge in [0, 0.05) is 26.2 Å². The Labute approximate surface area is 296 Å². The summed E-state index contributed by atoms with van der Waals surface area (Å²) in [5.74, 6) is -0.898. The molecule has 0 aliphatic rings. The quantitative estimate of drug-likeness (QED) is 0.0338. The van der Waals surface area contributed by atoms with Crippen LogP contribution in [0.15, 0.2) is 12.2 Å². The van der Waals surface area contributed by atoms with Crippen molar-refractivity contribution in [1.82, 2.24) is 4.90 Å². The number of esters is 1. The molecule has 0 rings (SSSR count). The van der Waals surface area contributed by atoms with Crippen LogP contribution >= 0.6 is 0 Å². The molecule has 0 aliphatic heterocycles. The predicted molar refractivity (Wildman–Crippen MR) is 200 cm³/mol. The molecule has 0 aromatic carbocycles. The van der Waals surface area contributed by atoms with Crippen molar-refractivity contribution in [2.24, 2.45) is 5.92 Å². The largest absolute Gasteiger partial charge is 0.508 e. The number of ether oxygens (including phenoxy) is 5. The summed E-state index contributed by atoms with van der Waals surface area (Å²) in [6, 6.07) is 0. The zero-order valence-corrected chi connectivity index (χ0v) is 30.5. The molecule has 0 amide bonds. The predicted octanol–water partition coefficient (Wildman–Crippen LogP) is 8.91. The molecular weight excluding hydrogens is 614 g/mol. The third-order valence-electron chi connectivity index (χ3n) is 7.43. The van der Waals surface area contributed by atoms with Crippen LogP contribution in [0.4, 0.5) is 4.79 Å². The van der Waals surface area contributed by atoms with Crippen LogP contribution in [0, 0.1) is 5.92 Å². The Morgan fingerprint density at radius 3 is 1.60 bits per heavy atom. The molecule has 0 heterocycles. The number of hydrogen-bond acceptors (Lipinski definition) is 9. The minimum Gasteiger partial charge on any atom is -0.465 e. The van der Waals surface area contributed by atoms with Crippen molar-refractivity contribution >= 4 is 12.1 Å². The number of unbranched alkanes of at least 4 members (excludes halogenated alkanes) is 10. The van der Waals surface area contributed by atoms with Gasteiger partial charge in [-0.2, -0.15) is 0 Å². The van der Waals surface area contributed by atoms with Crippen molar-refractivity contribution in [2.75, 3.05) is 59.3 Å². The smallest absolute Gasteiger partial charge is 0.465 e. The highest BCUT2D eigenvalue weighted by Crippen LogP contribution is 2.12. The first-order chi connectivity index (χ1) is 21.9. The molecular formula is C38H81NO9. The number of rotatable bonds is 30. The summed E-state index contributed by atoms with van der Waals surface area (Å²) in [6.07, 6.45) is 18.3. The van der Waals surface area contributed by atoms with E-state index >= 15 is 0 Å². The minimum atomic E-state index is -0.776. The number of allylic oxidation sites excluding steroid dienone is 2. The first kappa shape index (κ1) is 55.7. The van der Waals surface area contributed by atoms with Gasteiger partial charge in [0.05, 0.1) is 32.2 Å². The molecule has 0 spiro atoms. The van der Waals surface area contributed by atoms with Gasteiger partial charge < -0.3 is 39.2 Å². The SMILES string of the molecule is C.C.CC=CC.CCCCCCCCOC(CCC(=O)OCC(CO)COC(=O)OCCCN(CC)CC)OCCCCCCCC.O. The topological polar surface area (TPSA) is 135 Å². The van der Waals surface area contributed by atoms with E-state index < -0.39 is 24.3 Å². The van der Waals surface area contributed by atoms with Gasteiger partial charge in [-0.25, -0.2) is 4.79 Å². The van der Waals surface area contributed by atoms with Gasteiger partial charge in [-0.15, -0.1) is 0 Å². The molecule has 0 radical (unpaired) electrons. The Kier molecular flexibility index (Phi) is 52.5. The van der Waals surface area contributed by atoms with Crippen molar-refractivity contribution in [3.63, 3.8) is 0 Å². The average Bonchev–Trinajstić information content (AvgIpc) is 3.06. The summed E-state index contributed by atoms with van der Waals surface area (Å²) < 4.78 is 27.5. The molecule has 0 bridgehead atoms. The molecule has 0 aliphatic carbocycles. The molecule has 0 saturated carbocycles. The molecule has 0 saturated heterocycles. The molecule has 1 unspecified atom stereocenters. The lowest BCUT2D eigenvalue weighted by Crippen LogP contribution is -2.26. The van der Waals surface area contributed by atoms with Crippen LogP contribution in [0.5, 0.6) is 0 Å². The van der Waals surface area contributed by atoms with Gasteiger partial charge in [0.1, 0.15) is 6.61 Å². The second-order valence-electron chi connectivity index (χ2n) is 11.4. The van der Waals surface area contributed by atoms with E-state index in [2.05, 4.69) is 32.6 Å². The second-order valence-corrected chi connectivity index (χ2v) is 11.4. The summed E-state index contributed by atoms with van der Waals surface area (Å²) in [5, 5.41) is 9.61. The number of hydrogen-bond donors (Lipinski definition) is 1. The van der Waals surface area contributed by atoms with Gasteiger partial charge >= 0.3 is 12.1 Å². The van der Waals surface area contributed by atoms with E-state index in [1.807, 2.05) is 26.0 Å². The molecule has 48 heavy (non-hydrogen) atoms. The highest BCUT2D eigenvalue weighted by Gasteiger charge is 2.17. The van der Waals surface area contributed by atoms with Crippen LogP contribution in [0.3, 0.4) is 0 Å². The zero-order valence-electron chi connectivity index (χ0n) is 30.5. The Balaban J connectivity index is -0.000000829.